The maximum atomic E-state index is 12.5. The van der Waals surface area contributed by atoms with Crippen LogP contribution in [0.2, 0.25) is 51.4 Å². The van der Waals surface area contributed by atoms with Crippen molar-refractivity contribution in [3.63, 3.8) is 0 Å². The lowest BCUT2D eigenvalue weighted by Crippen LogP contribution is -2.48. The van der Waals surface area contributed by atoms with Gasteiger partial charge < -0.3 is 10.4 Å². The van der Waals surface area contributed by atoms with Crippen molar-refractivity contribution in [3.8, 4) is 0 Å². The topological polar surface area (TPSA) is 62.3 Å². The molecule has 0 bridgehead atoms. The Hall–Kier alpha value is -4.82. The largest absolute Gasteiger partial charge is 0.393 e. The van der Waals surface area contributed by atoms with Crippen molar-refractivity contribution < 1.29 is 9.90 Å². The standard InChI is InChI=1S/C23H39NSi.C20H29N.C19H29NO.C19H27NO.C13H28Si.C11H15N/c1-17(2)11-22(20(5)16-25(6,7)8)14-24-10-9-21-12-18(3)19(4)13-23(21)15-24;1-13(2)8-18-12-21-7-6-17-9-14(3)15(4)10-19(17)20(21)11-16(18)5;2*1-12(2)7-16-11-20-6-5-15-8-13(3)14(4)9-17(15)18(20)10-19(16)21;1-8-13(9-11(2)3)12(4)10-14(5,6)7;1-8-5-10-3-4-12-7-11(10)6-9(8)2/h12-13,17,22H,5,9-11,14-16H2,1-4,6-8H3;9-10,13,18,20H,5-8,11-12H2,1-4H3;8-9,12,16,18-19,21H,5-7,10-11H2,1-4H3;8-9,12,16,18H,5-7,10-11H2,1-4H3;11,13H,4,8-10H2,1-3,5-7H3;5-6,12H,3-4,7H2,1-2H3/t;;16?,18?,19-;;;/m..1.../s1. The van der Waals surface area contributed by atoms with Gasteiger partial charge in [-0.3, -0.25) is 24.4 Å². The molecule has 5 aromatic carbocycles. The molecule has 2 N–H and O–H groups in total. The van der Waals surface area contributed by atoms with E-state index in [4.69, 9.17) is 0 Å². The zero-order chi connectivity index (χ0) is 84.1. The van der Waals surface area contributed by atoms with Gasteiger partial charge in [0.15, 0.2) is 0 Å². The summed E-state index contributed by atoms with van der Waals surface area (Å²) in [5.74, 6) is 6.91. The summed E-state index contributed by atoms with van der Waals surface area (Å²) in [5.41, 5.74) is 33.8. The van der Waals surface area contributed by atoms with Gasteiger partial charge in [0.1, 0.15) is 5.78 Å². The highest BCUT2D eigenvalue weighted by atomic mass is 28.3. The molecular formula is C105H167N5O2Si2. The Morgan fingerprint density at radius 2 is 0.833 bits per heavy atom. The quantitative estimate of drug-likeness (QED) is 0.0631. The zero-order valence-electron chi connectivity index (χ0n) is 78.2. The molecule has 114 heavy (non-hydrogen) atoms. The molecule has 0 aromatic heterocycles. The second-order valence-corrected chi connectivity index (χ2v) is 53.2. The van der Waals surface area contributed by atoms with E-state index < -0.39 is 16.1 Å². The summed E-state index contributed by atoms with van der Waals surface area (Å²) < 4.78 is 0. The van der Waals surface area contributed by atoms with Crippen molar-refractivity contribution in [1.82, 2.24) is 24.9 Å². The second-order valence-electron chi connectivity index (χ2n) is 42.2. The van der Waals surface area contributed by atoms with Crippen molar-refractivity contribution in [3.05, 3.63) is 208 Å². The number of hydrogen-bond donors (Lipinski definition) is 2. The number of nitrogens with one attached hydrogen (secondary N) is 1. The zero-order valence-corrected chi connectivity index (χ0v) is 80.2. The SMILES string of the molecule is C=C(C[Si](C)(C)C)C(CC(C)C)CN1CCc2cc(C)c(C)cc2C1.C=C(C[Si](C)(C)C)C(CC)CC(C)C.C=C1CC2c3cc(C)c(C)cc3CCN2CC1CC(C)C.Cc1cc2c(cc1C)C1CC(=O)C(CC(C)C)CN1CC2.Cc1cc2c(cc1C)C1C[C@@H](O)C(CC(C)C)CN1CC2.Cc1cc2c(cc1C)CNCC2. The van der Waals surface area contributed by atoms with E-state index in [1.54, 1.807) is 22.3 Å². The number of benzene rings is 5. The summed E-state index contributed by atoms with van der Waals surface area (Å²) in [6, 6.07) is 27.7. The number of aryl methyl sites for hydroxylation is 10. The Labute approximate surface area is 702 Å². The van der Waals surface area contributed by atoms with Gasteiger partial charge in [0, 0.05) is 112 Å². The summed E-state index contributed by atoms with van der Waals surface area (Å²) >= 11 is 0. The van der Waals surface area contributed by atoms with Gasteiger partial charge >= 0.3 is 0 Å². The third-order valence-electron chi connectivity index (χ3n) is 27.0. The van der Waals surface area contributed by atoms with Crippen LogP contribution in [-0.2, 0) is 50.0 Å². The van der Waals surface area contributed by atoms with Crippen LogP contribution in [0.3, 0.4) is 0 Å². The first-order valence-electron chi connectivity index (χ1n) is 45.8. The highest BCUT2D eigenvalue weighted by Gasteiger charge is 2.41. The van der Waals surface area contributed by atoms with Gasteiger partial charge in [-0.05, 0) is 336 Å². The van der Waals surface area contributed by atoms with Crippen LogP contribution in [0.15, 0.2) is 97.1 Å². The summed E-state index contributed by atoms with van der Waals surface area (Å²) in [4.78, 5) is 23.1. The highest BCUT2D eigenvalue weighted by molar-refractivity contribution is 6.77. The van der Waals surface area contributed by atoms with E-state index in [1.807, 2.05) is 0 Å². The Morgan fingerprint density at radius 1 is 0.456 bits per heavy atom. The molecule has 3 saturated heterocycles. The number of allylic oxidation sites excluding steroid dienone is 1. The van der Waals surface area contributed by atoms with Crippen LogP contribution in [0, 0.1) is 128 Å². The number of carbonyl (C=O) groups is 1. The Bertz CT molecular complexity index is 3890. The van der Waals surface area contributed by atoms with Crippen LogP contribution in [-0.4, -0.2) is 112 Å². The molecule has 9 heteroatoms. The highest BCUT2D eigenvalue weighted by Crippen LogP contribution is 2.45. The minimum absolute atomic E-state index is 0.138. The van der Waals surface area contributed by atoms with Crippen molar-refractivity contribution in [2.75, 3.05) is 58.9 Å². The Balaban J connectivity index is 0.000000174. The number of hydrogen-bond acceptors (Lipinski definition) is 7. The molecule has 9 atom stereocenters. The lowest BCUT2D eigenvalue weighted by molar-refractivity contribution is -0.129. The molecule has 0 radical (unpaired) electrons. The number of fused-ring (bicyclic) bond motifs is 11. The first-order chi connectivity index (χ1) is 53.4. The predicted octanol–water partition coefficient (Wildman–Crippen LogP) is 25.4. The molecule has 0 spiro atoms. The maximum Gasteiger partial charge on any atom is 0.139 e. The average molecular weight is 1590 g/mol. The number of aliphatic hydroxyl groups excluding tert-OH is 1. The van der Waals surface area contributed by atoms with Gasteiger partial charge in [0.25, 0.3) is 0 Å². The molecule has 0 saturated carbocycles. The third-order valence-corrected chi connectivity index (χ3v) is 30.0. The van der Waals surface area contributed by atoms with Crippen molar-refractivity contribution in [2.45, 2.75) is 324 Å². The van der Waals surface area contributed by atoms with E-state index in [0.29, 0.717) is 59.9 Å². The summed E-state index contributed by atoms with van der Waals surface area (Å²) in [6.07, 6.45) is 15.9. The molecule has 8 aliphatic rings. The number of carbonyl (C=O) groups excluding carboxylic acids is 1. The molecule has 5 aromatic rings. The molecule has 0 aliphatic carbocycles. The van der Waals surface area contributed by atoms with E-state index in [0.717, 1.165) is 108 Å². The lowest BCUT2D eigenvalue weighted by atomic mass is 9.78. The maximum absolute atomic E-state index is 12.5. The fourth-order valence-electron chi connectivity index (χ4n) is 20.3. The average Bonchev–Trinajstić information content (AvgIpc) is 0.777. The second kappa shape index (κ2) is 42.4. The lowest BCUT2D eigenvalue weighted by Gasteiger charge is -2.46. The predicted molar refractivity (Wildman–Crippen MR) is 502 cm³/mol. The minimum Gasteiger partial charge on any atom is -0.393 e. The smallest absolute Gasteiger partial charge is 0.139 e. The van der Waals surface area contributed by atoms with Crippen LogP contribution in [0.4, 0.5) is 0 Å². The van der Waals surface area contributed by atoms with Crippen LogP contribution >= 0.6 is 0 Å². The number of ketones is 1. The molecule has 0 amide bonds. The van der Waals surface area contributed by atoms with E-state index in [1.165, 1.54) is 189 Å². The van der Waals surface area contributed by atoms with Gasteiger partial charge in [-0.15, -0.1) is 0 Å². The fraction of sp³-hybridized carbons (Fsp3) is 0.648. The Morgan fingerprint density at radius 3 is 1.29 bits per heavy atom. The molecular weight excluding hydrogens is 1420 g/mol. The molecule has 632 valence electrons. The van der Waals surface area contributed by atoms with Crippen LogP contribution in [0.5, 0.6) is 0 Å². The Kier molecular flexibility index (Phi) is 35.2. The van der Waals surface area contributed by atoms with E-state index in [2.05, 4.69) is 290 Å². The minimum atomic E-state index is -1.09. The summed E-state index contributed by atoms with van der Waals surface area (Å²) in [7, 11) is -2.04. The number of rotatable bonds is 19. The van der Waals surface area contributed by atoms with E-state index >= 15 is 0 Å². The number of piperidine rings is 3. The van der Waals surface area contributed by atoms with Gasteiger partial charge in [-0.1, -0.05) is 213 Å². The van der Waals surface area contributed by atoms with Crippen LogP contribution in [0.1, 0.15) is 263 Å². The molecule has 8 aliphatic heterocycles. The third kappa shape index (κ3) is 27.4. The monoisotopic (exact) mass is 1590 g/mol. The van der Waals surface area contributed by atoms with E-state index in [9.17, 15) is 9.90 Å². The molecule has 8 heterocycles. The van der Waals surface area contributed by atoms with Crippen molar-refractivity contribution in [2.24, 2.45) is 59.2 Å². The van der Waals surface area contributed by atoms with Crippen molar-refractivity contribution >= 4 is 21.9 Å². The van der Waals surface area contributed by atoms with Gasteiger partial charge in [0.05, 0.1) is 6.10 Å². The number of Topliss-reactive ketones (excluding diaryl/α,β-unsaturated/α-hetero) is 1. The van der Waals surface area contributed by atoms with Gasteiger partial charge in [-0.2, -0.15) is 0 Å². The normalized spacial score (nSPS) is 22.1. The molecule has 13 rings (SSSR count). The molecule has 3 fully saturated rings. The van der Waals surface area contributed by atoms with Crippen LogP contribution < -0.4 is 5.32 Å². The van der Waals surface area contributed by atoms with Crippen LogP contribution in [0.25, 0.3) is 0 Å². The van der Waals surface area contributed by atoms with E-state index in [-0.39, 0.29) is 12.0 Å². The first kappa shape index (κ1) is 94.7. The fourth-order valence-corrected chi connectivity index (χ4v) is 23.6. The summed E-state index contributed by atoms with van der Waals surface area (Å²) in [6.45, 7) is 87.7. The molecule has 7 nitrogen and oxygen atoms in total. The summed E-state index contributed by atoms with van der Waals surface area (Å²) in [5, 5.41) is 14.0. The first-order valence-corrected chi connectivity index (χ1v) is 53.2. The number of aliphatic hydroxyl groups is 1. The van der Waals surface area contributed by atoms with Crippen molar-refractivity contribution in [1.29, 1.82) is 0 Å². The van der Waals surface area contributed by atoms with Gasteiger partial charge in [-0.25, -0.2) is 0 Å². The molecule has 8 unspecified atom stereocenters. The number of nitrogens with zero attached hydrogens (tertiary/aromatic N) is 4. The van der Waals surface area contributed by atoms with Gasteiger partial charge in [0.2, 0.25) is 0 Å².